The van der Waals surface area contributed by atoms with E-state index in [-0.39, 0.29) is 29.4 Å². The van der Waals surface area contributed by atoms with Crippen molar-refractivity contribution < 1.29 is 4.74 Å². The van der Waals surface area contributed by atoms with Gasteiger partial charge in [-0.25, -0.2) is 0 Å². The van der Waals surface area contributed by atoms with Crippen LogP contribution in [0.3, 0.4) is 0 Å². The molecule has 0 aliphatic heterocycles. The molecule has 4 nitrogen and oxygen atoms in total. The van der Waals surface area contributed by atoms with E-state index in [0.29, 0.717) is 5.96 Å². The first-order valence-corrected chi connectivity index (χ1v) is 8.91. The molecule has 5 heteroatoms. The largest absolute Gasteiger partial charge is 0.382 e. The maximum atomic E-state index is 6.08. The molecule has 0 aromatic heterocycles. The van der Waals surface area contributed by atoms with Crippen LogP contribution in [0.5, 0.6) is 0 Å². The van der Waals surface area contributed by atoms with E-state index in [1.807, 2.05) is 6.92 Å². The third-order valence-corrected chi connectivity index (χ3v) is 4.86. The van der Waals surface area contributed by atoms with Crippen LogP contribution in [-0.4, -0.2) is 25.7 Å². The van der Waals surface area contributed by atoms with Crippen molar-refractivity contribution in [2.75, 3.05) is 25.1 Å². The first-order chi connectivity index (χ1) is 11.2. The monoisotopic (exact) mass is 445 g/mol. The quantitative estimate of drug-likeness (QED) is 0.267. The van der Waals surface area contributed by atoms with E-state index in [9.17, 15) is 0 Å². The second-order valence-electron chi connectivity index (χ2n) is 6.53. The van der Waals surface area contributed by atoms with Crippen LogP contribution >= 0.6 is 24.0 Å². The number of halogens is 1. The Balaban J connectivity index is 0.00000288. The van der Waals surface area contributed by atoms with E-state index in [2.05, 4.69) is 41.5 Å². The Morgan fingerprint density at radius 2 is 1.88 bits per heavy atom. The molecule has 0 atom stereocenters. The summed E-state index contributed by atoms with van der Waals surface area (Å²) in [4.78, 5) is 4.62. The normalized spacial score (nSPS) is 16.7. The van der Waals surface area contributed by atoms with Gasteiger partial charge in [0.1, 0.15) is 0 Å². The SMILES string of the molecule is CCOCCC1(CN=C(N)Nc2ccc(CC)cc2)CCCC1.I. The molecule has 1 fully saturated rings. The number of guanidine groups is 1. The van der Waals surface area contributed by atoms with Crippen LogP contribution < -0.4 is 11.1 Å². The highest BCUT2D eigenvalue weighted by Gasteiger charge is 2.33. The van der Waals surface area contributed by atoms with Gasteiger partial charge < -0.3 is 15.8 Å². The van der Waals surface area contributed by atoms with Gasteiger partial charge in [0.05, 0.1) is 0 Å². The van der Waals surface area contributed by atoms with Crippen LogP contribution in [0.25, 0.3) is 0 Å². The summed E-state index contributed by atoms with van der Waals surface area (Å²) in [5.41, 5.74) is 8.69. The Hall–Kier alpha value is -0.820. The van der Waals surface area contributed by atoms with Crippen molar-refractivity contribution in [1.29, 1.82) is 0 Å². The van der Waals surface area contributed by atoms with Gasteiger partial charge >= 0.3 is 0 Å². The summed E-state index contributed by atoms with van der Waals surface area (Å²) < 4.78 is 5.55. The first-order valence-electron chi connectivity index (χ1n) is 8.91. The number of nitrogens with two attached hydrogens (primary N) is 1. The number of benzene rings is 1. The molecule has 1 aromatic carbocycles. The number of anilines is 1. The molecule has 2 rings (SSSR count). The van der Waals surface area contributed by atoms with Gasteiger partial charge in [-0.3, -0.25) is 4.99 Å². The Kier molecular flexibility index (Phi) is 9.66. The van der Waals surface area contributed by atoms with Crippen LogP contribution in [0.2, 0.25) is 0 Å². The number of hydrogen-bond donors (Lipinski definition) is 2. The van der Waals surface area contributed by atoms with E-state index >= 15 is 0 Å². The van der Waals surface area contributed by atoms with Crippen LogP contribution in [0, 0.1) is 5.41 Å². The number of rotatable bonds is 8. The number of aliphatic imine (C=N–C) groups is 1. The van der Waals surface area contributed by atoms with Gasteiger partial charge in [0, 0.05) is 25.4 Å². The first kappa shape index (κ1) is 21.2. The standard InChI is InChI=1S/C19H31N3O.HI/c1-3-16-7-9-17(10-8-16)22-18(20)21-15-19(11-5-6-12-19)13-14-23-4-2;/h7-10H,3-6,11-15H2,1-2H3,(H3,20,21,22);1H. The molecule has 1 saturated carbocycles. The van der Waals surface area contributed by atoms with Crippen LogP contribution in [0.1, 0.15) is 51.5 Å². The van der Waals surface area contributed by atoms with Crippen molar-refractivity contribution in [1.82, 2.24) is 0 Å². The molecule has 0 heterocycles. The van der Waals surface area contributed by atoms with E-state index in [4.69, 9.17) is 10.5 Å². The maximum absolute atomic E-state index is 6.08. The average Bonchev–Trinajstić information content (AvgIpc) is 3.03. The van der Waals surface area contributed by atoms with Crippen molar-refractivity contribution in [3.05, 3.63) is 29.8 Å². The molecule has 0 bridgehead atoms. The van der Waals surface area contributed by atoms with E-state index in [1.54, 1.807) is 0 Å². The summed E-state index contributed by atoms with van der Waals surface area (Å²) in [7, 11) is 0. The van der Waals surface area contributed by atoms with E-state index < -0.39 is 0 Å². The van der Waals surface area contributed by atoms with Crippen molar-refractivity contribution in [2.24, 2.45) is 16.1 Å². The van der Waals surface area contributed by atoms with Gasteiger partial charge in [-0.15, -0.1) is 24.0 Å². The molecule has 0 unspecified atom stereocenters. The predicted octanol–water partition coefficient (Wildman–Crippen LogP) is 4.58. The molecule has 0 radical (unpaired) electrons. The average molecular weight is 445 g/mol. The maximum Gasteiger partial charge on any atom is 0.193 e. The van der Waals surface area contributed by atoms with Gasteiger partial charge in [0.25, 0.3) is 0 Å². The second-order valence-corrected chi connectivity index (χ2v) is 6.53. The molecular formula is C19H32IN3O. The fourth-order valence-corrected chi connectivity index (χ4v) is 3.31. The zero-order chi connectivity index (χ0) is 16.5. The Morgan fingerprint density at radius 1 is 1.21 bits per heavy atom. The lowest BCUT2D eigenvalue weighted by atomic mass is 9.83. The minimum atomic E-state index is 0. The summed E-state index contributed by atoms with van der Waals surface area (Å²) in [6, 6.07) is 8.36. The Labute approximate surface area is 163 Å². The molecule has 1 aliphatic carbocycles. The third-order valence-electron chi connectivity index (χ3n) is 4.86. The molecule has 136 valence electrons. The molecule has 1 aliphatic rings. The number of aryl methyl sites for hydroxylation is 1. The number of ether oxygens (including phenoxy) is 1. The Bertz CT molecular complexity index is 496. The second kappa shape index (κ2) is 10.9. The minimum Gasteiger partial charge on any atom is -0.382 e. The van der Waals surface area contributed by atoms with Crippen molar-refractivity contribution in [3.8, 4) is 0 Å². The number of nitrogens with zero attached hydrogens (tertiary/aromatic N) is 1. The molecule has 0 spiro atoms. The molecule has 3 N–H and O–H groups in total. The number of nitrogens with one attached hydrogen (secondary N) is 1. The summed E-state index contributed by atoms with van der Waals surface area (Å²) in [6.45, 7) is 6.62. The smallest absolute Gasteiger partial charge is 0.193 e. The summed E-state index contributed by atoms with van der Waals surface area (Å²) in [6.07, 6.45) is 7.21. The van der Waals surface area contributed by atoms with Crippen molar-refractivity contribution >= 4 is 35.6 Å². The lowest BCUT2D eigenvalue weighted by Crippen LogP contribution is -2.28. The zero-order valence-corrected chi connectivity index (χ0v) is 17.3. The Morgan fingerprint density at radius 3 is 2.46 bits per heavy atom. The molecular weight excluding hydrogens is 413 g/mol. The third kappa shape index (κ3) is 6.59. The zero-order valence-electron chi connectivity index (χ0n) is 15.0. The van der Waals surface area contributed by atoms with Crippen LogP contribution in [0.4, 0.5) is 5.69 Å². The van der Waals surface area contributed by atoms with Crippen molar-refractivity contribution in [2.45, 2.75) is 52.4 Å². The van der Waals surface area contributed by atoms with Gasteiger partial charge in [-0.2, -0.15) is 0 Å². The fraction of sp³-hybridized carbons (Fsp3) is 0.632. The highest BCUT2D eigenvalue weighted by molar-refractivity contribution is 14.0. The minimum absolute atomic E-state index is 0. The molecule has 0 saturated heterocycles. The van der Waals surface area contributed by atoms with Gasteiger partial charge in [0.2, 0.25) is 0 Å². The van der Waals surface area contributed by atoms with E-state index in [1.165, 1.54) is 31.2 Å². The topological polar surface area (TPSA) is 59.6 Å². The highest BCUT2D eigenvalue weighted by Crippen LogP contribution is 2.41. The van der Waals surface area contributed by atoms with Gasteiger partial charge in [-0.1, -0.05) is 31.9 Å². The molecule has 24 heavy (non-hydrogen) atoms. The van der Waals surface area contributed by atoms with Crippen molar-refractivity contribution in [3.63, 3.8) is 0 Å². The fourth-order valence-electron chi connectivity index (χ4n) is 3.31. The lowest BCUT2D eigenvalue weighted by Gasteiger charge is -2.27. The van der Waals surface area contributed by atoms with Gasteiger partial charge in [-0.05, 0) is 55.7 Å². The highest BCUT2D eigenvalue weighted by atomic mass is 127. The lowest BCUT2D eigenvalue weighted by molar-refractivity contribution is 0.107. The summed E-state index contributed by atoms with van der Waals surface area (Å²) >= 11 is 0. The van der Waals surface area contributed by atoms with E-state index in [0.717, 1.165) is 38.3 Å². The number of hydrogen-bond acceptors (Lipinski definition) is 2. The predicted molar refractivity (Wildman–Crippen MR) is 113 cm³/mol. The van der Waals surface area contributed by atoms with Gasteiger partial charge in [0.15, 0.2) is 5.96 Å². The summed E-state index contributed by atoms with van der Waals surface area (Å²) in [5, 5.41) is 3.20. The van der Waals surface area contributed by atoms with Crippen LogP contribution in [0.15, 0.2) is 29.3 Å². The molecule has 0 amide bonds. The summed E-state index contributed by atoms with van der Waals surface area (Å²) in [5.74, 6) is 0.511. The molecule has 1 aromatic rings. The van der Waals surface area contributed by atoms with Crippen LogP contribution in [-0.2, 0) is 11.2 Å².